The van der Waals surface area contributed by atoms with Gasteiger partial charge in [-0.15, -0.1) is 0 Å². The Morgan fingerprint density at radius 3 is 2.57 bits per heavy atom. The van der Waals surface area contributed by atoms with E-state index in [-0.39, 0.29) is 11.5 Å². The largest absolute Gasteiger partial charge is 0.397 e. The first kappa shape index (κ1) is 17.5. The second-order valence-corrected chi connectivity index (χ2v) is 5.81. The SMILES string of the molecule is CC(C)(C)OCCOCCCC(=O)Nc1ccccc1N. The van der Waals surface area contributed by atoms with E-state index in [2.05, 4.69) is 5.32 Å². The summed E-state index contributed by atoms with van der Waals surface area (Å²) in [5, 5.41) is 2.79. The Hall–Kier alpha value is -1.59. The zero-order valence-electron chi connectivity index (χ0n) is 13.1. The molecule has 0 fully saturated rings. The summed E-state index contributed by atoms with van der Waals surface area (Å²) in [6.07, 6.45) is 1.09. The fourth-order valence-electron chi connectivity index (χ4n) is 1.67. The first-order valence-corrected chi connectivity index (χ1v) is 7.24. The van der Waals surface area contributed by atoms with E-state index in [9.17, 15) is 4.79 Å². The smallest absolute Gasteiger partial charge is 0.224 e. The summed E-state index contributed by atoms with van der Waals surface area (Å²) >= 11 is 0. The third kappa shape index (κ3) is 8.32. The summed E-state index contributed by atoms with van der Waals surface area (Å²) in [4.78, 5) is 11.7. The lowest BCUT2D eigenvalue weighted by Gasteiger charge is -2.19. The molecule has 0 saturated carbocycles. The molecule has 1 rings (SSSR count). The summed E-state index contributed by atoms with van der Waals surface area (Å²) in [7, 11) is 0. The number of hydrogen-bond donors (Lipinski definition) is 2. The van der Waals surface area contributed by atoms with Crippen LogP contribution in [0.2, 0.25) is 0 Å². The van der Waals surface area contributed by atoms with Crippen LogP contribution >= 0.6 is 0 Å². The van der Waals surface area contributed by atoms with Gasteiger partial charge in [-0.2, -0.15) is 0 Å². The Balaban J connectivity index is 2.08. The van der Waals surface area contributed by atoms with Crippen LogP contribution in [0.3, 0.4) is 0 Å². The molecule has 1 aromatic rings. The number of hydrogen-bond acceptors (Lipinski definition) is 4. The van der Waals surface area contributed by atoms with Crippen molar-refractivity contribution in [3.63, 3.8) is 0 Å². The van der Waals surface area contributed by atoms with E-state index in [0.29, 0.717) is 44.0 Å². The number of benzene rings is 1. The van der Waals surface area contributed by atoms with E-state index in [4.69, 9.17) is 15.2 Å². The van der Waals surface area contributed by atoms with Crippen molar-refractivity contribution in [3.8, 4) is 0 Å². The molecule has 0 radical (unpaired) electrons. The predicted octanol–water partition coefficient (Wildman–Crippen LogP) is 2.82. The van der Waals surface area contributed by atoms with Crippen LogP contribution < -0.4 is 11.1 Å². The zero-order chi connectivity index (χ0) is 15.7. The van der Waals surface area contributed by atoms with Crippen LogP contribution in [-0.4, -0.2) is 31.3 Å². The van der Waals surface area contributed by atoms with Crippen LogP contribution in [0.4, 0.5) is 11.4 Å². The van der Waals surface area contributed by atoms with Crippen molar-refractivity contribution >= 4 is 17.3 Å². The highest BCUT2D eigenvalue weighted by Crippen LogP contribution is 2.16. The number of para-hydroxylation sites is 2. The van der Waals surface area contributed by atoms with Gasteiger partial charge in [0.25, 0.3) is 0 Å². The standard InChI is InChI=1S/C16H26N2O3/c1-16(2,3)21-12-11-20-10-6-9-15(19)18-14-8-5-4-7-13(14)17/h4-5,7-8H,6,9-12,17H2,1-3H3,(H,18,19). The Morgan fingerprint density at radius 2 is 1.90 bits per heavy atom. The lowest BCUT2D eigenvalue weighted by Crippen LogP contribution is -2.22. The van der Waals surface area contributed by atoms with Gasteiger partial charge in [0, 0.05) is 13.0 Å². The third-order valence-electron chi connectivity index (χ3n) is 2.69. The summed E-state index contributed by atoms with van der Waals surface area (Å²) in [5.41, 5.74) is 6.85. The number of nitrogens with two attached hydrogens (primary N) is 1. The second-order valence-electron chi connectivity index (χ2n) is 5.81. The number of nitrogens with one attached hydrogen (secondary N) is 1. The minimum atomic E-state index is -0.140. The van der Waals surface area contributed by atoms with Gasteiger partial charge in [0.1, 0.15) is 0 Å². The number of ether oxygens (including phenoxy) is 2. The Labute approximate surface area is 126 Å². The molecule has 3 N–H and O–H groups in total. The molecule has 0 aliphatic rings. The molecule has 0 spiro atoms. The molecule has 0 aromatic heterocycles. The fraction of sp³-hybridized carbons (Fsp3) is 0.562. The van der Waals surface area contributed by atoms with Crippen LogP contribution in [-0.2, 0) is 14.3 Å². The topological polar surface area (TPSA) is 73.6 Å². The maximum atomic E-state index is 11.7. The van der Waals surface area contributed by atoms with Gasteiger partial charge in [0.05, 0.1) is 30.2 Å². The first-order chi connectivity index (χ1) is 9.88. The summed E-state index contributed by atoms with van der Waals surface area (Å²) < 4.78 is 11.0. The van der Waals surface area contributed by atoms with Gasteiger partial charge in [-0.25, -0.2) is 0 Å². The average Bonchev–Trinajstić information content (AvgIpc) is 2.39. The summed E-state index contributed by atoms with van der Waals surface area (Å²) in [5.74, 6) is -0.0533. The van der Waals surface area contributed by atoms with E-state index >= 15 is 0 Å². The molecule has 0 aliphatic carbocycles. The molecule has 0 saturated heterocycles. The first-order valence-electron chi connectivity index (χ1n) is 7.24. The molecule has 0 unspecified atom stereocenters. The molecule has 0 aliphatic heterocycles. The monoisotopic (exact) mass is 294 g/mol. The maximum Gasteiger partial charge on any atom is 0.224 e. The fourth-order valence-corrected chi connectivity index (χ4v) is 1.67. The van der Waals surface area contributed by atoms with Crippen molar-refractivity contribution in [1.82, 2.24) is 0 Å². The molecule has 0 heterocycles. The van der Waals surface area contributed by atoms with Gasteiger partial charge in [-0.1, -0.05) is 12.1 Å². The molecule has 1 amide bonds. The lowest BCUT2D eigenvalue weighted by molar-refractivity contribution is -0.116. The number of nitrogen functional groups attached to an aromatic ring is 1. The van der Waals surface area contributed by atoms with Crippen LogP contribution in [0.15, 0.2) is 24.3 Å². The van der Waals surface area contributed by atoms with Crippen molar-refractivity contribution in [1.29, 1.82) is 0 Å². The van der Waals surface area contributed by atoms with Gasteiger partial charge in [0.2, 0.25) is 5.91 Å². The van der Waals surface area contributed by atoms with Crippen LogP contribution in [0.5, 0.6) is 0 Å². The van der Waals surface area contributed by atoms with E-state index in [1.54, 1.807) is 12.1 Å². The van der Waals surface area contributed by atoms with Gasteiger partial charge >= 0.3 is 0 Å². The van der Waals surface area contributed by atoms with Crippen molar-refractivity contribution < 1.29 is 14.3 Å². The Morgan fingerprint density at radius 1 is 1.19 bits per heavy atom. The van der Waals surface area contributed by atoms with E-state index < -0.39 is 0 Å². The Kier molecular flexibility index (Phi) is 7.19. The number of carbonyl (C=O) groups excluding carboxylic acids is 1. The normalized spacial score (nSPS) is 11.4. The minimum Gasteiger partial charge on any atom is -0.397 e. The molecule has 1 aromatic carbocycles. The highest BCUT2D eigenvalue weighted by atomic mass is 16.5. The van der Waals surface area contributed by atoms with Gasteiger partial charge in [-0.05, 0) is 39.3 Å². The highest BCUT2D eigenvalue weighted by Gasteiger charge is 2.09. The summed E-state index contributed by atoms with van der Waals surface area (Å²) in [6, 6.07) is 7.21. The number of amides is 1. The molecule has 118 valence electrons. The van der Waals surface area contributed by atoms with Crippen molar-refractivity contribution in [2.45, 2.75) is 39.2 Å². The number of carbonyl (C=O) groups is 1. The van der Waals surface area contributed by atoms with Crippen LogP contribution in [0, 0.1) is 0 Å². The molecular weight excluding hydrogens is 268 g/mol. The highest BCUT2D eigenvalue weighted by molar-refractivity contribution is 5.93. The molecular formula is C16H26N2O3. The third-order valence-corrected chi connectivity index (χ3v) is 2.69. The Bertz CT molecular complexity index is 441. The van der Waals surface area contributed by atoms with Crippen molar-refractivity contribution in [2.24, 2.45) is 0 Å². The molecule has 0 atom stereocenters. The molecule has 0 bridgehead atoms. The van der Waals surface area contributed by atoms with Crippen molar-refractivity contribution in [3.05, 3.63) is 24.3 Å². The van der Waals surface area contributed by atoms with Gasteiger partial charge in [0.15, 0.2) is 0 Å². The lowest BCUT2D eigenvalue weighted by atomic mass is 10.2. The molecule has 5 heteroatoms. The van der Waals surface area contributed by atoms with E-state index in [1.807, 2.05) is 32.9 Å². The van der Waals surface area contributed by atoms with Crippen LogP contribution in [0.1, 0.15) is 33.6 Å². The van der Waals surface area contributed by atoms with E-state index in [0.717, 1.165) is 0 Å². The maximum absolute atomic E-state index is 11.7. The van der Waals surface area contributed by atoms with E-state index in [1.165, 1.54) is 0 Å². The van der Waals surface area contributed by atoms with Gasteiger partial charge < -0.3 is 20.5 Å². The molecule has 21 heavy (non-hydrogen) atoms. The quantitative estimate of drug-likeness (QED) is 0.571. The predicted molar refractivity (Wildman–Crippen MR) is 85.2 cm³/mol. The second kappa shape index (κ2) is 8.64. The number of anilines is 2. The molecule has 5 nitrogen and oxygen atoms in total. The number of rotatable bonds is 8. The minimum absolute atomic E-state index is 0.0533. The van der Waals surface area contributed by atoms with Crippen molar-refractivity contribution in [2.75, 3.05) is 30.9 Å². The summed E-state index contributed by atoms with van der Waals surface area (Å²) in [6.45, 7) is 7.68. The average molecular weight is 294 g/mol. The van der Waals surface area contributed by atoms with Gasteiger partial charge in [-0.3, -0.25) is 4.79 Å². The van der Waals surface area contributed by atoms with Crippen LogP contribution in [0.25, 0.3) is 0 Å². The zero-order valence-corrected chi connectivity index (χ0v) is 13.1.